The van der Waals surface area contributed by atoms with E-state index in [-0.39, 0.29) is 0 Å². The summed E-state index contributed by atoms with van der Waals surface area (Å²) in [4.78, 5) is 8.02. The maximum absolute atomic E-state index is 4.36. The molecule has 0 unspecified atom stereocenters. The first-order chi connectivity index (χ1) is 7.74. The smallest absolute Gasteiger partial charge is 0.0544 e. The molecule has 0 spiro atoms. The van der Waals surface area contributed by atoms with Crippen LogP contribution in [-0.2, 0) is 13.1 Å². The summed E-state index contributed by atoms with van der Waals surface area (Å²) < 4.78 is 1.03. The van der Waals surface area contributed by atoms with Crippen LogP contribution in [-0.4, -0.2) is 16.9 Å². The van der Waals surface area contributed by atoms with Crippen molar-refractivity contribution in [2.45, 2.75) is 13.1 Å². The van der Waals surface area contributed by atoms with Gasteiger partial charge in [-0.25, -0.2) is 0 Å². The summed E-state index contributed by atoms with van der Waals surface area (Å²) in [5.41, 5.74) is 1.10. The van der Waals surface area contributed by atoms with Gasteiger partial charge in [-0.1, -0.05) is 6.07 Å². The first kappa shape index (κ1) is 11.8. The van der Waals surface area contributed by atoms with Crippen molar-refractivity contribution in [3.63, 3.8) is 0 Å². The largest absolute Gasteiger partial charge is 0.295 e. The fourth-order valence-corrected chi connectivity index (χ4v) is 2.52. The Balaban J connectivity index is 1.92. The predicted octanol–water partition coefficient (Wildman–Crippen LogP) is 3.54. The Bertz CT molecular complexity index is 425. The van der Waals surface area contributed by atoms with Crippen molar-refractivity contribution in [1.29, 1.82) is 0 Å². The van der Waals surface area contributed by atoms with Crippen molar-refractivity contribution >= 4 is 27.3 Å². The molecule has 2 aromatic heterocycles. The molecule has 0 N–H and O–H groups in total. The lowest BCUT2D eigenvalue weighted by molar-refractivity contribution is 0.318. The van der Waals surface area contributed by atoms with Crippen LogP contribution < -0.4 is 0 Å². The molecular weight excluding hydrogens is 284 g/mol. The number of aromatic nitrogens is 1. The fraction of sp³-hybridized carbons (Fsp3) is 0.250. The highest BCUT2D eigenvalue weighted by Gasteiger charge is 2.03. The number of halogens is 1. The molecule has 0 aliphatic heterocycles. The summed E-state index contributed by atoms with van der Waals surface area (Å²) >= 11 is 5.18. The number of hydrogen-bond acceptors (Lipinski definition) is 3. The average molecular weight is 297 g/mol. The monoisotopic (exact) mass is 296 g/mol. The number of nitrogens with zero attached hydrogens (tertiary/aromatic N) is 2. The summed E-state index contributed by atoms with van der Waals surface area (Å²) in [7, 11) is 2.11. The van der Waals surface area contributed by atoms with E-state index < -0.39 is 0 Å². The highest BCUT2D eigenvalue weighted by Crippen LogP contribution is 2.13. The van der Waals surface area contributed by atoms with E-state index in [4.69, 9.17) is 0 Å². The lowest BCUT2D eigenvalue weighted by Crippen LogP contribution is -2.17. The Labute approximate surface area is 108 Å². The summed E-state index contributed by atoms with van der Waals surface area (Å²) in [6, 6.07) is 8.33. The molecule has 0 amide bonds. The molecule has 0 fully saturated rings. The first-order valence-corrected chi connectivity index (χ1v) is 6.72. The molecule has 2 nitrogen and oxygen atoms in total. The first-order valence-electron chi connectivity index (χ1n) is 5.05. The quantitative estimate of drug-likeness (QED) is 0.858. The molecule has 0 saturated carbocycles. The van der Waals surface area contributed by atoms with Crippen molar-refractivity contribution in [3.8, 4) is 0 Å². The van der Waals surface area contributed by atoms with E-state index in [2.05, 4.69) is 56.4 Å². The third-order valence-corrected chi connectivity index (χ3v) is 3.56. The van der Waals surface area contributed by atoms with Gasteiger partial charge in [0.1, 0.15) is 0 Å². The minimum Gasteiger partial charge on any atom is -0.295 e. The Hall–Kier alpha value is -0.710. The van der Waals surface area contributed by atoms with Crippen LogP contribution in [0.15, 0.2) is 40.3 Å². The van der Waals surface area contributed by atoms with Gasteiger partial charge >= 0.3 is 0 Å². The van der Waals surface area contributed by atoms with Crippen molar-refractivity contribution in [1.82, 2.24) is 9.88 Å². The molecule has 0 aromatic carbocycles. The maximum atomic E-state index is 4.36. The summed E-state index contributed by atoms with van der Waals surface area (Å²) in [6.07, 6.45) is 1.84. The molecule has 0 radical (unpaired) electrons. The molecule has 0 aliphatic rings. The van der Waals surface area contributed by atoms with Crippen LogP contribution in [0.2, 0.25) is 0 Å². The van der Waals surface area contributed by atoms with Crippen LogP contribution in [0.3, 0.4) is 0 Å². The van der Waals surface area contributed by atoms with E-state index in [1.165, 1.54) is 4.88 Å². The minimum atomic E-state index is 0.880. The number of rotatable bonds is 4. The molecule has 0 aliphatic carbocycles. The molecule has 2 heterocycles. The van der Waals surface area contributed by atoms with Crippen molar-refractivity contribution in [3.05, 3.63) is 50.9 Å². The van der Waals surface area contributed by atoms with Crippen molar-refractivity contribution in [2.24, 2.45) is 0 Å². The maximum Gasteiger partial charge on any atom is 0.0544 e. The van der Waals surface area contributed by atoms with Gasteiger partial charge in [-0.3, -0.25) is 9.88 Å². The number of thiophene rings is 1. The Morgan fingerprint density at radius 3 is 2.81 bits per heavy atom. The zero-order valence-electron chi connectivity index (χ0n) is 9.06. The summed E-state index contributed by atoms with van der Waals surface area (Å²) in [5, 5.41) is 2.11. The third kappa shape index (κ3) is 3.40. The molecule has 0 bridgehead atoms. The van der Waals surface area contributed by atoms with Crippen LogP contribution in [0.1, 0.15) is 10.6 Å². The van der Waals surface area contributed by atoms with Crippen LogP contribution in [0.4, 0.5) is 0 Å². The van der Waals surface area contributed by atoms with Gasteiger partial charge in [-0.2, -0.15) is 0 Å². The van der Waals surface area contributed by atoms with Crippen LogP contribution >= 0.6 is 27.3 Å². The number of pyridine rings is 1. The van der Waals surface area contributed by atoms with Gasteiger partial charge in [0.15, 0.2) is 0 Å². The number of hydrogen-bond donors (Lipinski definition) is 0. The summed E-state index contributed by atoms with van der Waals surface area (Å²) in [5.74, 6) is 0. The van der Waals surface area contributed by atoms with E-state index in [0.29, 0.717) is 0 Å². The van der Waals surface area contributed by atoms with E-state index in [9.17, 15) is 0 Å². The van der Waals surface area contributed by atoms with Gasteiger partial charge < -0.3 is 0 Å². The second-order valence-corrected chi connectivity index (χ2v) is 5.67. The van der Waals surface area contributed by atoms with E-state index in [1.54, 1.807) is 11.3 Å². The van der Waals surface area contributed by atoms with Gasteiger partial charge in [0.2, 0.25) is 0 Å². The molecule has 84 valence electrons. The standard InChI is InChI=1S/C12H13BrN2S/c1-15(9-12-3-2-6-16-12)8-11-5-4-10(13)7-14-11/h2-7H,8-9H2,1H3. The lowest BCUT2D eigenvalue weighted by atomic mass is 10.3. The van der Waals surface area contributed by atoms with Crippen LogP contribution in [0.5, 0.6) is 0 Å². The normalized spacial score (nSPS) is 10.9. The topological polar surface area (TPSA) is 16.1 Å². The Morgan fingerprint density at radius 2 is 2.19 bits per heavy atom. The molecule has 4 heteroatoms. The van der Waals surface area contributed by atoms with Gasteiger partial charge in [0.05, 0.1) is 5.69 Å². The van der Waals surface area contributed by atoms with Crippen LogP contribution in [0.25, 0.3) is 0 Å². The molecule has 0 atom stereocenters. The molecular formula is C12H13BrN2S. The Morgan fingerprint density at radius 1 is 1.31 bits per heavy atom. The second-order valence-electron chi connectivity index (χ2n) is 3.72. The average Bonchev–Trinajstić information content (AvgIpc) is 2.74. The highest BCUT2D eigenvalue weighted by atomic mass is 79.9. The van der Waals surface area contributed by atoms with Crippen molar-refractivity contribution in [2.75, 3.05) is 7.05 Å². The molecule has 2 rings (SSSR count). The van der Waals surface area contributed by atoms with Gasteiger partial charge in [0.25, 0.3) is 0 Å². The zero-order chi connectivity index (χ0) is 11.4. The second kappa shape index (κ2) is 5.57. The lowest BCUT2D eigenvalue weighted by Gasteiger charge is -2.14. The summed E-state index contributed by atoms with van der Waals surface area (Å²) in [6.45, 7) is 1.86. The third-order valence-electron chi connectivity index (χ3n) is 2.23. The molecule has 2 aromatic rings. The predicted molar refractivity (Wildman–Crippen MR) is 71.4 cm³/mol. The fourth-order valence-electron chi connectivity index (χ4n) is 1.50. The van der Waals surface area contributed by atoms with Gasteiger partial charge in [-0.05, 0) is 46.6 Å². The zero-order valence-corrected chi connectivity index (χ0v) is 11.5. The van der Waals surface area contributed by atoms with E-state index >= 15 is 0 Å². The molecule has 16 heavy (non-hydrogen) atoms. The van der Waals surface area contributed by atoms with Gasteiger partial charge in [-0.15, -0.1) is 11.3 Å². The van der Waals surface area contributed by atoms with Gasteiger partial charge in [0, 0.05) is 28.6 Å². The minimum absolute atomic E-state index is 0.880. The molecule has 0 saturated heterocycles. The van der Waals surface area contributed by atoms with Crippen molar-refractivity contribution < 1.29 is 0 Å². The van der Waals surface area contributed by atoms with E-state index in [0.717, 1.165) is 23.3 Å². The Kier molecular flexibility index (Phi) is 4.09. The van der Waals surface area contributed by atoms with Crippen LogP contribution in [0, 0.1) is 0 Å². The SMILES string of the molecule is CN(Cc1ccc(Br)cn1)Cc1cccs1. The van der Waals surface area contributed by atoms with E-state index in [1.807, 2.05) is 12.3 Å². The highest BCUT2D eigenvalue weighted by molar-refractivity contribution is 9.10.